The number of ether oxygens (including phenoxy) is 1. The van der Waals surface area contributed by atoms with Crippen LogP contribution in [0.25, 0.3) is 93.9 Å². The molecule has 0 N–H and O–H groups in total. The maximum Gasteiger partial charge on any atom is 0.134 e. The van der Waals surface area contributed by atoms with Crippen molar-refractivity contribution in [2.24, 2.45) is 0 Å². The first-order valence-electron chi connectivity index (χ1n) is 22.5. The summed E-state index contributed by atoms with van der Waals surface area (Å²) in [6, 6.07) is 71.3. The summed E-state index contributed by atoms with van der Waals surface area (Å²) in [4.78, 5) is 9.98. The minimum Gasteiger partial charge on any atom is -0.457 e. The van der Waals surface area contributed by atoms with Gasteiger partial charge in [-0.2, -0.15) is 5.26 Å². The molecule has 7 nitrogen and oxygen atoms in total. The molecule has 2 aliphatic rings. The van der Waals surface area contributed by atoms with Crippen molar-refractivity contribution in [3.8, 4) is 46.0 Å². The van der Waals surface area contributed by atoms with E-state index in [0.29, 0.717) is 5.56 Å². The lowest BCUT2D eigenvalue weighted by atomic mass is 9.66. The molecule has 0 atom stereocenters. The second-order valence-corrected chi connectivity index (χ2v) is 17.6. The Balaban J connectivity index is 0.962. The van der Waals surface area contributed by atoms with Crippen LogP contribution in [0.3, 0.4) is 0 Å². The molecule has 0 unspecified atom stereocenters. The summed E-state index contributed by atoms with van der Waals surface area (Å²) in [5, 5.41) is 16.7. The second kappa shape index (κ2) is 13.2. The van der Waals surface area contributed by atoms with Gasteiger partial charge in [0.05, 0.1) is 61.5 Å². The van der Waals surface area contributed by atoms with Crippen LogP contribution in [0.4, 0.5) is 0 Å². The van der Waals surface area contributed by atoms with Gasteiger partial charge >= 0.3 is 0 Å². The molecular weight excluding hydrogens is 821 g/mol. The van der Waals surface area contributed by atoms with Crippen molar-refractivity contribution < 1.29 is 4.74 Å². The molecule has 8 aromatic carbocycles. The van der Waals surface area contributed by atoms with Crippen LogP contribution in [0, 0.1) is 11.3 Å². The van der Waals surface area contributed by atoms with E-state index >= 15 is 0 Å². The van der Waals surface area contributed by atoms with Gasteiger partial charge in [-0.1, -0.05) is 97.1 Å². The van der Waals surface area contributed by atoms with Gasteiger partial charge in [-0.3, -0.25) is 9.97 Å². The highest BCUT2D eigenvalue weighted by Crippen LogP contribution is 2.61. The Hall–Kier alpha value is -9.25. The zero-order valence-corrected chi connectivity index (χ0v) is 35.7. The van der Waals surface area contributed by atoms with Gasteiger partial charge < -0.3 is 18.4 Å². The van der Waals surface area contributed by atoms with Crippen molar-refractivity contribution in [1.82, 2.24) is 23.7 Å². The van der Waals surface area contributed by atoms with Crippen molar-refractivity contribution in [2.45, 2.75) is 5.41 Å². The highest BCUT2D eigenvalue weighted by atomic mass is 16.5. The quantitative estimate of drug-likeness (QED) is 0.177. The van der Waals surface area contributed by atoms with E-state index < -0.39 is 5.41 Å². The molecule has 1 aliphatic heterocycles. The summed E-state index contributed by atoms with van der Waals surface area (Å²) in [5.74, 6) is 1.57. The molecule has 310 valence electrons. The fourth-order valence-electron chi connectivity index (χ4n) is 11.8. The average molecular weight is 855 g/mol. The number of nitrogens with zero attached hydrogens (tertiary/aromatic N) is 6. The molecule has 6 heterocycles. The molecule has 5 aromatic heterocycles. The predicted molar refractivity (Wildman–Crippen MR) is 267 cm³/mol. The molecule has 1 spiro atoms. The minimum atomic E-state index is -0.736. The van der Waals surface area contributed by atoms with Gasteiger partial charge in [-0.15, -0.1) is 0 Å². The fourth-order valence-corrected chi connectivity index (χ4v) is 11.8. The largest absolute Gasteiger partial charge is 0.457 e. The average Bonchev–Trinajstić information content (AvgIpc) is 4.10. The third-order valence-corrected chi connectivity index (χ3v) is 14.4. The first-order chi connectivity index (χ1) is 33.2. The molecular formula is C60H34N6O. The third kappa shape index (κ3) is 4.68. The predicted octanol–water partition coefficient (Wildman–Crippen LogP) is 14.1. The fraction of sp³-hybridized carbons (Fsp3) is 0.0167. The molecule has 13 aromatic rings. The van der Waals surface area contributed by atoms with Gasteiger partial charge in [-0.25, -0.2) is 0 Å². The molecule has 0 radical (unpaired) electrons. The minimum absolute atomic E-state index is 0.649. The van der Waals surface area contributed by atoms with Crippen LogP contribution in [-0.4, -0.2) is 23.7 Å². The Morgan fingerprint density at radius 2 is 0.776 bits per heavy atom. The van der Waals surface area contributed by atoms with Gasteiger partial charge in [0.25, 0.3) is 0 Å². The molecule has 7 heteroatoms. The molecule has 15 rings (SSSR count). The van der Waals surface area contributed by atoms with Crippen molar-refractivity contribution >= 4 is 65.4 Å². The lowest BCUT2D eigenvalue weighted by Crippen LogP contribution is -2.32. The maximum absolute atomic E-state index is 9.79. The van der Waals surface area contributed by atoms with E-state index in [1.54, 1.807) is 0 Å². The number of fused-ring (bicyclic) bond motifs is 18. The topological polar surface area (TPSA) is 73.6 Å². The van der Waals surface area contributed by atoms with E-state index in [1.165, 1.54) is 10.8 Å². The summed E-state index contributed by atoms with van der Waals surface area (Å²) in [6.07, 6.45) is 3.73. The van der Waals surface area contributed by atoms with Gasteiger partial charge in [0, 0.05) is 85.0 Å². The first kappa shape index (κ1) is 36.1. The Bertz CT molecular complexity index is 4250. The highest BCUT2D eigenvalue weighted by molar-refractivity contribution is 6.13. The second-order valence-electron chi connectivity index (χ2n) is 17.6. The smallest absolute Gasteiger partial charge is 0.134 e. The molecule has 0 saturated carbocycles. The van der Waals surface area contributed by atoms with Crippen molar-refractivity contribution in [3.05, 3.63) is 234 Å². The molecule has 0 fully saturated rings. The number of pyridine rings is 2. The third-order valence-electron chi connectivity index (χ3n) is 14.4. The van der Waals surface area contributed by atoms with Crippen LogP contribution in [0.2, 0.25) is 0 Å². The van der Waals surface area contributed by atoms with Crippen molar-refractivity contribution in [3.63, 3.8) is 0 Å². The lowest BCUT2D eigenvalue weighted by molar-refractivity contribution is 0.436. The molecule has 0 bridgehead atoms. The van der Waals surface area contributed by atoms with E-state index in [-0.39, 0.29) is 0 Å². The summed E-state index contributed by atoms with van der Waals surface area (Å²) in [6.45, 7) is 0. The Kier molecular flexibility index (Phi) is 7.10. The van der Waals surface area contributed by atoms with Crippen LogP contribution in [0.5, 0.6) is 11.5 Å². The van der Waals surface area contributed by atoms with Crippen LogP contribution in [-0.2, 0) is 5.41 Å². The van der Waals surface area contributed by atoms with E-state index in [2.05, 4.69) is 190 Å². The molecule has 0 saturated heterocycles. The Morgan fingerprint density at radius 1 is 0.373 bits per heavy atom. The summed E-state index contributed by atoms with van der Waals surface area (Å²) in [5.41, 5.74) is 15.7. The van der Waals surface area contributed by atoms with Gasteiger partial charge in [0.2, 0.25) is 0 Å². The number of para-hydroxylation sites is 4. The van der Waals surface area contributed by atoms with Gasteiger partial charge in [0.15, 0.2) is 0 Å². The standard InChI is InChI=1S/C60H34N6O/c61-35-36-21-27-54-44(31-36)42-13-3-7-19-52(42)64(54)37-24-28-55-45(32-37)43-14-4-8-20-53(43)66(55)39-23-26-47-57(34-39)67-56-33-38(65-50-17-5-1-11-40(50)41-12-2-6-18-51(41)65)22-25-46(56)60(47)48-15-9-29-62-58(48)59-49(60)16-10-30-63-59/h1-34H. The van der Waals surface area contributed by atoms with Gasteiger partial charge in [0.1, 0.15) is 11.5 Å². The van der Waals surface area contributed by atoms with Gasteiger partial charge in [-0.05, 0) is 96.1 Å². The van der Waals surface area contributed by atoms with Crippen LogP contribution < -0.4 is 4.74 Å². The zero-order valence-electron chi connectivity index (χ0n) is 35.7. The maximum atomic E-state index is 9.79. The number of nitriles is 1. The normalized spacial score (nSPS) is 13.3. The number of hydrogen-bond donors (Lipinski definition) is 0. The number of aromatic nitrogens is 5. The van der Waals surface area contributed by atoms with Crippen LogP contribution in [0.1, 0.15) is 27.8 Å². The zero-order chi connectivity index (χ0) is 44.0. The summed E-state index contributed by atoms with van der Waals surface area (Å²) < 4.78 is 14.3. The Labute approximate surface area is 383 Å². The lowest BCUT2D eigenvalue weighted by Gasteiger charge is -2.39. The summed E-state index contributed by atoms with van der Waals surface area (Å²) >= 11 is 0. The molecule has 67 heavy (non-hydrogen) atoms. The first-order valence-corrected chi connectivity index (χ1v) is 22.5. The van der Waals surface area contributed by atoms with E-state index in [0.717, 1.165) is 117 Å². The van der Waals surface area contributed by atoms with Crippen LogP contribution in [0.15, 0.2) is 207 Å². The summed E-state index contributed by atoms with van der Waals surface area (Å²) in [7, 11) is 0. The van der Waals surface area contributed by atoms with Crippen molar-refractivity contribution in [2.75, 3.05) is 0 Å². The SMILES string of the molecule is N#Cc1ccc2c(c1)c1ccccc1n2-c1ccc2c(c1)c1ccccc1n2-c1ccc2c(c1)Oc1cc(-n3c4ccccc4c4ccccc43)ccc1C21c2cccnc2-c2ncccc21. The molecule has 0 amide bonds. The van der Waals surface area contributed by atoms with Crippen molar-refractivity contribution in [1.29, 1.82) is 5.26 Å². The number of rotatable bonds is 3. The number of benzene rings is 8. The monoisotopic (exact) mass is 854 g/mol. The van der Waals surface area contributed by atoms with E-state index in [9.17, 15) is 5.26 Å². The van der Waals surface area contributed by atoms with E-state index in [4.69, 9.17) is 14.7 Å². The van der Waals surface area contributed by atoms with E-state index in [1.807, 2.05) is 36.7 Å². The molecule has 1 aliphatic carbocycles. The van der Waals surface area contributed by atoms with Crippen LogP contribution >= 0.6 is 0 Å². The highest BCUT2D eigenvalue weighted by Gasteiger charge is 2.52. The number of hydrogen-bond acceptors (Lipinski definition) is 4. The Morgan fingerprint density at radius 3 is 1.27 bits per heavy atom.